The Bertz CT molecular complexity index is 686. The summed E-state index contributed by atoms with van der Waals surface area (Å²) in [4.78, 5) is 15.7. The van der Waals surface area contributed by atoms with Crippen molar-refractivity contribution in [3.63, 3.8) is 0 Å². The number of carbonyl (C=O) groups is 1. The van der Waals surface area contributed by atoms with E-state index in [4.69, 9.17) is 9.47 Å². The van der Waals surface area contributed by atoms with E-state index in [2.05, 4.69) is 21.7 Å². The van der Waals surface area contributed by atoms with Crippen molar-refractivity contribution in [1.29, 1.82) is 0 Å². The lowest BCUT2D eigenvalue weighted by molar-refractivity contribution is -0.122. The minimum atomic E-state index is 0.0392. The Morgan fingerprint density at radius 2 is 2.12 bits per heavy atom. The van der Waals surface area contributed by atoms with E-state index in [9.17, 15) is 4.79 Å². The van der Waals surface area contributed by atoms with E-state index in [1.54, 1.807) is 7.11 Å². The molecule has 0 atom stereocenters. The highest BCUT2D eigenvalue weighted by atomic mass is 32.1. The number of carbonyl (C=O) groups excluding carboxylic acids is 1. The average molecular weight is 346 g/mol. The number of hydrogen-bond donors (Lipinski definition) is 1. The van der Waals surface area contributed by atoms with Gasteiger partial charge in [-0.1, -0.05) is 12.1 Å². The third-order valence-corrected chi connectivity index (χ3v) is 5.03. The lowest BCUT2D eigenvalue weighted by Gasteiger charge is -2.26. The molecule has 0 saturated carbocycles. The van der Waals surface area contributed by atoms with Gasteiger partial charge in [-0.2, -0.15) is 0 Å². The Kier molecular flexibility index (Phi) is 5.72. The molecular weight excluding hydrogens is 324 g/mol. The van der Waals surface area contributed by atoms with Crippen molar-refractivity contribution in [2.45, 2.75) is 13.0 Å². The minimum absolute atomic E-state index is 0.0392. The summed E-state index contributed by atoms with van der Waals surface area (Å²) in [5.74, 6) is 1.43. The largest absolute Gasteiger partial charge is 0.493 e. The van der Waals surface area contributed by atoms with Crippen LogP contribution in [0, 0.1) is 0 Å². The average Bonchev–Trinajstić information content (AvgIpc) is 3.07. The Morgan fingerprint density at radius 3 is 2.96 bits per heavy atom. The zero-order valence-electron chi connectivity index (χ0n) is 13.8. The van der Waals surface area contributed by atoms with Crippen molar-refractivity contribution in [3.05, 3.63) is 46.2 Å². The van der Waals surface area contributed by atoms with Crippen molar-refractivity contribution in [2.24, 2.45) is 0 Å². The monoisotopic (exact) mass is 346 g/mol. The van der Waals surface area contributed by atoms with Crippen molar-refractivity contribution in [2.75, 3.05) is 33.4 Å². The fourth-order valence-corrected chi connectivity index (χ4v) is 3.68. The molecule has 1 amide bonds. The molecule has 0 bridgehead atoms. The number of benzene rings is 1. The first-order valence-electron chi connectivity index (χ1n) is 8.06. The fraction of sp³-hybridized carbons (Fsp3) is 0.389. The molecule has 0 radical (unpaired) electrons. The summed E-state index contributed by atoms with van der Waals surface area (Å²) >= 11 is 1.81. The van der Waals surface area contributed by atoms with E-state index in [-0.39, 0.29) is 5.91 Å². The number of ether oxygens (including phenoxy) is 2. The first kappa shape index (κ1) is 16.8. The molecule has 24 heavy (non-hydrogen) atoms. The standard InChI is InChI=1S/C18H22N2O3S/c1-22-15-4-2-3-5-16(15)23-10-8-19-18(21)13-20-9-6-17-14(12-20)7-11-24-17/h2-5,7,11H,6,8-10,12-13H2,1H3,(H,19,21). The number of para-hydroxylation sites is 2. The van der Waals surface area contributed by atoms with E-state index in [0.29, 0.717) is 31.2 Å². The molecule has 0 spiro atoms. The molecule has 3 rings (SSSR count). The van der Waals surface area contributed by atoms with Crippen molar-refractivity contribution < 1.29 is 14.3 Å². The summed E-state index contributed by atoms with van der Waals surface area (Å²) in [5.41, 5.74) is 1.36. The lowest BCUT2D eigenvalue weighted by Crippen LogP contribution is -2.40. The first-order valence-corrected chi connectivity index (χ1v) is 8.94. The van der Waals surface area contributed by atoms with Crippen LogP contribution >= 0.6 is 11.3 Å². The molecule has 0 fully saturated rings. The van der Waals surface area contributed by atoms with Crippen LogP contribution in [-0.4, -0.2) is 44.2 Å². The molecule has 0 aliphatic carbocycles. The van der Waals surface area contributed by atoms with Crippen LogP contribution in [0.1, 0.15) is 10.4 Å². The number of methoxy groups -OCH3 is 1. The highest BCUT2D eigenvalue weighted by Crippen LogP contribution is 2.25. The molecule has 0 saturated heterocycles. The predicted octanol–water partition coefficient (Wildman–Crippen LogP) is 2.31. The molecule has 1 aliphatic rings. The van der Waals surface area contributed by atoms with Crippen LogP contribution in [0.5, 0.6) is 11.5 Å². The van der Waals surface area contributed by atoms with Crippen LogP contribution in [0.3, 0.4) is 0 Å². The van der Waals surface area contributed by atoms with Crippen LogP contribution in [0.15, 0.2) is 35.7 Å². The van der Waals surface area contributed by atoms with Gasteiger partial charge in [0.15, 0.2) is 11.5 Å². The van der Waals surface area contributed by atoms with E-state index in [1.165, 1.54) is 10.4 Å². The molecule has 2 heterocycles. The molecular formula is C18H22N2O3S. The molecule has 1 N–H and O–H groups in total. The van der Waals surface area contributed by atoms with Crippen LogP contribution < -0.4 is 14.8 Å². The van der Waals surface area contributed by atoms with Gasteiger partial charge in [0.1, 0.15) is 6.61 Å². The van der Waals surface area contributed by atoms with Crippen LogP contribution in [0.2, 0.25) is 0 Å². The summed E-state index contributed by atoms with van der Waals surface area (Å²) < 4.78 is 10.9. The summed E-state index contributed by atoms with van der Waals surface area (Å²) in [7, 11) is 1.61. The van der Waals surface area contributed by atoms with E-state index >= 15 is 0 Å². The lowest BCUT2D eigenvalue weighted by atomic mass is 10.1. The summed E-state index contributed by atoms with van der Waals surface area (Å²) in [5, 5.41) is 5.04. The quantitative estimate of drug-likeness (QED) is 0.782. The molecule has 5 nitrogen and oxygen atoms in total. The SMILES string of the molecule is COc1ccccc1OCCNC(=O)CN1CCc2sccc2C1. The highest BCUT2D eigenvalue weighted by molar-refractivity contribution is 7.10. The number of fused-ring (bicyclic) bond motifs is 1. The number of rotatable bonds is 7. The van der Waals surface area contributed by atoms with Gasteiger partial charge in [-0.15, -0.1) is 11.3 Å². The molecule has 6 heteroatoms. The third kappa shape index (κ3) is 4.27. The summed E-state index contributed by atoms with van der Waals surface area (Å²) in [6, 6.07) is 9.65. The van der Waals surface area contributed by atoms with Crippen LogP contribution in [0.25, 0.3) is 0 Å². The topological polar surface area (TPSA) is 50.8 Å². The maximum Gasteiger partial charge on any atom is 0.234 e. The van der Waals surface area contributed by atoms with Gasteiger partial charge in [0.05, 0.1) is 20.2 Å². The smallest absolute Gasteiger partial charge is 0.234 e. The zero-order valence-corrected chi connectivity index (χ0v) is 14.6. The second-order valence-electron chi connectivity index (χ2n) is 5.68. The fourth-order valence-electron chi connectivity index (χ4n) is 2.79. The predicted molar refractivity (Wildman–Crippen MR) is 94.8 cm³/mol. The van der Waals surface area contributed by atoms with E-state index in [0.717, 1.165) is 19.5 Å². The summed E-state index contributed by atoms with van der Waals surface area (Å²) in [6.45, 7) is 3.14. The molecule has 0 unspecified atom stereocenters. The Morgan fingerprint density at radius 1 is 1.29 bits per heavy atom. The maximum absolute atomic E-state index is 12.1. The Labute approximate surface area is 146 Å². The molecule has 1 aliphatic heterocycles. The normalized spacial score (nSPS) is 14.0. The highest BCUT2D eigenvalue weighted by Gasteiger charge is 2.18. The Hall–Kier alpha value is -2.05. The number of nitrogens with one attached hydrogen (secondary N) is 1. The van der Waals surface area contributed by atoms with Crippen molar-refractivity contribution in [1.82, 2.24) is 10.2 Å². The van der Waals surface area contributed by atoms with Gasteiger partial charge in [0, 0.05) is 18.0 Å². The van der Waals surface area contributed by atoms with Gasteiger partial charge in [-0.3, -0.25) is 9.69 Å². The van der Waals surface area contributed by atoms with Crippen LogP contribution in [0.4, 0.5) is 0 Å². The second kappa shape index (κ2) is 8.17. The number of thiophene rings is 1. The van der Waals surface area contributed by atoms with Gasteiger partial charge >= 0.3 is 0 Å². The van der Waals surface area contributed by atoms with E-state index < -0.39 is 0 Å². The number of hydrogen-bond acceptors (Lipinski definition) is 5. The number of nitrogens with zero attached hydrogens (tertiary/aromatic N) is 1. The molecule has 1 aromatic carbocycles. The maximum atomic E-state index is 12.1. The van der Waals surface area contributed by atoms with Gasteiger partial charge < -0.3 is 14.8 Å². The molecule has 2 aromatic rings. The second-order valence-corrected chi connectivity index (χ2v) is 6.68. The van der Waals surface area contributed by atoms with Gasteiger partial charge in [-0.05, 0) is 35.6 Å². The van der Waals surface area contributed by atoms with Gasteiger partial charge in [0.25, 0.3) is 0 Å². The van der Waals surface area contributed by atoms with Crippen molar-refractivity contribution in [3.8, 4) is 11.5 Å². The first-order chi connectivity index (χ1) is 11.8. The molecule has 128 valence electrons. The number of amides is 1. The minimum Gasteiger partial charge on any atom is -0.493 e. The molecule has 1 aromatic heterocycles. The van der Waals surface area contributed by atoms with Crippen molar-refractivity contribution >= 4 is 17.2 Å². The van der Waals surface area contributed by atoms with Gasteiger partial charge in [-0.25, -0.2) is 0 Å². The van der Waals surface area contributed by atoms with E-state index in [1.807, 2.05) is 35.6 Å². The summed E-state index contributed by atoms with van der Waals surface area (Å²) in [6.07, 6.45) is 1.04. The zero-order chi connectivity index (χ0) is 16.8. The Balaban J connectivity index is 1.37. The third-order valence-electron chi connectivity index (χ3n) is 4.00. The van der Waals surface area contributed by atoms with Crippen LogP contribution in [-0.2, 0) is 17.8 Å². The van der Waals surface area contributed by atoms with Gasteiger partial charge in [0.2, 0.25) is 5.91 Å².